The van der Waals surface area contributed by atoms with Crippen molar-refractivity contribution in [1.29, 1.82) is 0 Å². The van der Waals surface area contributed by atoms with Gasteiger partial charge in [-0.25, -0.2) is 0 Å². The summed E-state index contributed by atoms with van der Waals surface area (Å²) in [5.41, 5.74) is -0.0368. The van der Waals surface area contributed by atoms with Crippen molar-refractivity contribution in [2.24, 2.45) is 10.4 Å². The summed E-state index contributed by atoms with van der Waals surface area (Å²) in [6.07, 6.45) is -4.34. The maximum atomic E-state index is 12.8. The van der Waals surface area contributed by atoms with E-state index in [0.29, 0.717) is 37.8 Å². The van der Waals surface area contributed by atoms with Crippen LogP contribution in [-0.2, 0) is 10.9 Å². The molecule has 0 saturated carbocycles. The number of ether oxygens (including phenoxy) is 1. The van der Waals surface area contributed by atoms with Gasteiger partial charge in [-0.05, 0) is 31.5 Å². The lowest BCUT2D eigenvalue weighted by Gasteiger charge is -2.36. The van der Waals surface area contributed by atoms with Crippen molar-refractivity contribution in [2.75, 3.05) is 26.3 Å². The van der Waals surface area contributed by atoms with Crippen LogP contribution in [-0.4, -0.2) is 32.3 Å². The minimum atomic E-state index is -4.34. The molecule has 24 heavy (non-hydrogen) atoms. The molecule has 1 aromatic carbocycles. The van der Waals surface area contributed by atoms with Gasteiger partial charge in [0.2, 0.25) is 0 Å². The van der Waals surface area contributed by atoms with Crippen LogP contribution in [0.4, 0.5) is 13.2 Å². The van der Waals surface area contributed by atoms with Gasteiger partial charge in [0.1, 0.15) is 0 Å². The van der Waals surface area contributed by atoms with Crippen molar-refractivity contribution in [1.82, 2.24) is 10.6 Å². The maximum absolute atomic E-state index is 12.8. The van der Waals surface area contributed by atoms with Gasteiger partial charge in [-0.2, -0.15) is 13.2 Å². The van der Waals surface area contributed by atoms with Gasteiger partial charge in [0.05, 0.1) is 31.4 Å². The Morgan fingerprint density at radius 3 is 2.62 bits per heavy atom. The lowest BCUT2D eigenvalue weighted by molar-refractivity contribution is -0.137. The predicted molar refractivity (Wildman–Crippen MR) is 87.9 cm³/mol. The van der Waals surface area contributed by atoms with Gasteiger partial charge < -0.3 is 15.4 Å². The Bertz CT molecular complexity index is 583. The minimum Gasteiger partial charge on any atom is -0.380 e. The van der Waals surface area contributed by atoms with Crippen LogP contribution in [0.2, 0.25) is 0 Å². The van der Waals surface area contributed by atoms with E-state index < -0.39 is 11.7 Å². The van der Waals surface area contributed by atoms with Crippen molar-refractivity contribution < 1.29 is 17.9 Å². The second-order valence-corrected chi connectivity index (χ2v) is 6.49. The zero-order chi connectivity index (χ0) is 17.8. The van der Waals surface area contributed by atoms with E-state index in [2.05, 4.69) is 22.5 Å². The van der Waals surface area contributed by atoms with Crippen LogP contribution in [0.15, 0.2) is 29.3 Å². The van der Waals surface area contributed by atoms with Crippen LogP contribution < -0.4 is 10.6 Å². The summed E-state index contributed by atoms with van der Waals surface area (Å²) in [7, 11) is 0. The van der Waals surface area contributed by atoms with E-state index in [1.54, 1.807) is 6.07 Å². The molecule has 0 aromatic heterocycles. The van der Waals surface area contributed by atoms with Gasteiger partial charge in [-0.3, -0.25) is 4.99 Å². The highest BCUT2D eigenvalue weighted by Gasteiger charge is 2.33. The number of aliphatic imine (C=N–C) groups is 1. The molecule has 0 bridgehead atoms. The average Bonchev–Trinajstić information content (AvgIpc) is 2.50. The van der Waals surface area contributed by atoms with Gasteiger partial charge in [0.25, 0.3) is 0 Å². The fourth-order valence-corrected chi connectivity index (χ4v) is 2.40. The predicted octanol–water partition coefficient (Wildman–Crippen LogP) is 3.36. The molecule has 1 atom stereocenters. The van der Waals surface area contributed by atoms with E-state index in [-0.39, 0.29) is 11.5 Å². The monoisotopic (exact) mass is 343 g/mol. The summed E-state index contributed by atoms with van der Waals surface area (Å²) in [6.45, 7) is 8.50. The molecule has 4 nitrogen and oxygen atoms in total. The first-order chi connectivity index (χ1) is 11.2. The van der Waals surface area contributed by atoms with E-state index in [0.717, 1.165) is 6.07 Å². The van der Waals surface area contributed by atoms with Gasteiger partial charge in [0.15, 0.2) is 5.96 Å². The van der Waals surface area contributed by atoms with Crippen LogP contribution >= 0.6 is 0 Å². The smallest absolute Gasteiger partial charge is 0.380 e. The van der Waals surface area contributed by atoms with Crippen LogP contribution in [0, 0.1) is 5.41 Å². The lowest BCUT2D eigenvalue weighted by atomic mass is 9.89. The SMILES string of the molecule is CCNC(=NCC1(C)COC1)NC(C)c1cccc(C(F)(F)F)c1. The van der Waals surface area contributed by atoms with Crippen molar-refractivity contribution in [3.05, 3.63) is 35.4 Å². The van der Waals surface area contributed by atoms with Gasteiger partial charge in [-0.1, -0.05) is 19.1 Å². The fourth-order valence-electron chi connectivity index (χ4n) is 2.40. The molecule has 0 aliphatic carbocycles. The van der Waals surface area contributed by atoms with Crippen LogP contribution in [0.25, 0.3) is 0 Å². The Kier molecular flexibility index (Phi) is 5.74. The van der Waals surface area contributed by atoms with Gasteiger partial charge in [0, 0.05) is 12.0 Å². The molecule has 0 amide bonds. The molecular weight excluding hydrogens is 319 g/mol. The zero-order valence-corrected chi connectivity index (χ0v) is 14.2. The number of hydrogen-bond donors (Lipinski definition) is 2. The van der Waals surface area contributed by atoms with E-state index in [9.17, 15) is 13.2 Å². The Balaban J connectivity index is 2.07. The number of rotatable bonds is 5. The van der Waals surface area contributed by atoms with E-state index in [1.807, 2.05) is 13.8 Å². The summed E-state index contributed by atoms with van der Waals surface area (Å²) in [5, 5.41) is 6.29. The molecule has 2 rings (SSSR count). The number of nitrogens with zero attached hydrogens (tertiary/aromatic N) is 1. The Morgan fingerprint density at radius 1 is 1.38 bits per heavy atom. The Hall–Kier alpha value is -1.76. The number of hydrogen-bond acceptors (Lipinski definition) is 2. The first-order valence-corrected chi connectivity index (χ1v) is 8.03. The van der Waals surface area contributed by atoms with Crippen molar-refractivity contribution >= 4 is 5.96 Å². The van der Waals surface area contributed by atoms with E-state index in [4.69, 9.17) is 4.74 Å². The molecular formula is C17H24F3N3O. The quantitative estimate of drug-likeness (QED) is 0.637. The topological polar surface area (TPSA) is 45.7 Å². The summed E-state index contributed by atoms with van der Waals surface area (Å²) >= 11 is 0. The Labute approximate surface area is 140 Å². The second-order valence-electron chi connectivity index (χ2n) is 6.49. The highest BCUT2D eigenvalue weighted by molar-refractivity contribution is 5.80. The Morgan fingerprint density at radius 2 is 2.08 bits per heavy atom. The van der Waals surface area contributed by atoms with E-state index in [1.165, 1.54) is 12.1 Å². The largest absolute Gasteiger partial charge is 0.416 e. The fraction of sp³-hybridized carbons (Fsp3) is 0.588. The lowest BCUT2D eigenvalue weighted by Crippen LogP contribution is -2.44. The average molecular weight is 343 g/mol. The minimum absolute atomic E-state index is 0.0434. The number of alkyl halides is 3. The summed E-state index contributed by atoms with van der Waals surface area (Å²) in [6, 6.07) is 5.05. The molecule has 1 saturated heterocycles. The number of halogens is 3. The van der Waals surface area contributed by atoms with Gasteiger partial charge >= 0.3 is 6.18 Å². The van der Waals surface area contributed by atoms with Crippen molar-refractivity contribution in [3.63, 3.8) is 0 Å². The third kappa shape index (κ3) is 4.87. The molecule has 1 heterocycles. The second kappa shape index (κ2) is 7.42. The zero-order valence-electron chi connectivity index (χ0n) is 14.2. The number of guanidine groups is 1. The highest BCUT2D eigenvalue weighted by Crippen LogP contribution is 2.30. The summed E-state index contributed by atoms with van der Waals surface area (Å²) in [4.78, 5) is 4.54. The molecule has 134 valence electrons. The molecule has 1 aliphatic heterocycles. The molecule has 1 aliphatic rings. The molecule has 1 fully saturated rings. The highest BCUT2D eigenvalue weighted by atomic mass is 19.4. The van der Waals surface area contributed by atoms with E-state index >= 15 is 0 Å². The standard InChI is InChI=1S/C17H24F3N3O/c1-4-21-15(22-9-16(3)10-24-11-16)23-12(2)13-6-5-7-14(8-13)17(18,19)20/h5-8,12H,4,9-11H2,1-3H3,(H2,21,22,23). The maximum Gasteiger partial charge on any atom is 0.416 e. The third-order valence-electron chi connectivity index (χ3n) is 3.93. The van der Waals surface area contributed by atoms with Crippen LogP contribution in [0.5, 0.6) is 0 Å². The molecule has 1 aromatic rings. The van der Waals surface area contributed by atoms with Crippen LogP contribution in [0.1, 0.15) is 37.9 Å². The first-order valence-electron chi connectivity index (χ1n) is 8.03. The molecule has 0 radical (unpaired) electrons. The van der Waals surface area contributed by atoms with Crippen molar-refractivity contribution in [3.8, 4) is 0 Å². The third-order valence-corrected chi connectivity index (χ3v) is 3.93. The summed E-state index contributed by atoms with van der Waals surface area (Å²) < 4.78 is 43.7. The van der Waals surface area contributed by atoms with Crippen LogP contribution in [0.3, 0.4) is 0 Å². The van der Waals surface area contributed by atoms with Crippen molar-refractivity contribution in [2.45, 2.75) is 33.0 Å². The first kappa shape index (κ1) is 18.6. The molecule has 2 N–H and O–H groups in total. The van der Waals surface area contributed by atoms with Gasteiger partial charge in [-0.15, -0.1) is 0 Å². The molecule has 1 unspecified atom stereocenters. The summed E-state index contributed by atoms with van der Waals surface area (Å²) in [5.74, 6) is 0.593. The number of benzene rings is 1. The molecule has 0 spiro atoms. The molecule has 7 heteroatoms. The number of nitrogens with one attached hydrogen (secondary N) is 2. The normalized spacial score (nSPS) is 18.7.